The van der Waals surface area contributed by atoms with Crippen LogP contribution in [0.2, 0.25) is 5.02 Å². The number of carbonyl (C=O) groups excluding carboxylic acids is 2. The summed E-state index contributed by atoms with van der Waals surface area (Å²) in [4.78, 5) is 28.7. The highest BCUT2D eigenvalue weighted by atomic mass is 35.5. The van der Waals surface area contributed by atoms with Gasteiger partial charge in [0.25, 0.3) is 0 Å². The average molecular weight is 564 g/mol. The monoisotopic (exact) mass is 563 g/mol. The highest BCUT2D eigenvalue weighted by molar-refractivity contribution is 7.92. The molecule has 0 aliphatic rings. The van der Waals surface area contributed by atoms with Gasteiger partial charge in [-0.1, -0.05) is 90.5 Å². The maximum atomic E-state index is 14.1. The first-order valence-corrected chi connectivity index (χ1v) is 14.6. The molecule has 39 heavy (non-hydrogen) atoms. The van der Waals surface area contributed by atoms with Crippen molar-refractivity contribution in [2.45, 2.75) is 19.0 Å². The number of carbonyl (C=O) groups is 2. The van der Waals surface area contributed by atoms with Crippen LogP contribution < -0.4 is 9.62 Å². The van der Waals surface area contributed by atoms with Crippen LogP contribution in [0, 0.1) is 0 Å². The molecule has 7 nitrogen and oxygen atoms in total. The first-order chi connectivity index (χ1) is 18.7. The van der Waals surface area contributed by atoms with Crippen molar-refractivity contribution in [3.05, 3.63) is 113 Å². The summed E-state index contributed by atoms with van der Waals surface area (Å²) in [6.45, 7) is -0.410. The molecule has 0 aliphatic carbocycles. The van der Waals surface area contributed by atoms with Gasteiger partial charge < -0.3 is 10.2 Å². The lowest BCUT2D eigenvalue weighted by molar-refractivity contribution is -0.139. The van der Waals surface area contributed by atoms with Crippen LogP contribution >= 0.6 is 11.6 Å². The lowest BCUT2D eigenvalue weighted by atomic mass is 10.0. The summed E-state index contributed by atoms with van der Waals surface area (Å²) in [6.07, 6.45) is 1.32. The van der Waals surface area contributed by atoms with Crippen LogP contribution in [0.1, 0.15) is 11.1 Å². The van der Waals surface area contributed by atoms with E-state index in [9.17, 15) is 18.0 Å². The Morgan fingerprint density at radius 1 is 0.872 bits per heavy atom. The van der Waals surface area contributed by atoms with Gasteiger partial charge in [-0.05, 0) is 34.7 Å². The normalized spacial score (nSPS) is 12.1. The van der Waals surface area contributed by atoms with Crippen molar-refractivity contribution in [1.29, 1.82) is 0 Å². The Kier molecular flexibility index (Phi) is 8.89. The molecule has 1 N–H and O–H groups in total. The molecule has 2 amide bonds. The van der Waals surface area contributed by atoms with Gasteiger partial charge in [-0.15, -0.1) is 0 Å². The van der Waals surface area contributed by atoms with Crippen molar-refractivity contribution in [3.63, 3.8) is 0 Å². The third-order valence-electron chi connectivity index (χ3n) is 6.47. The van der Waals surface area contributed by atoms with Crippen molar-refractivity contribution in [2.75, 3.05) is 24.2 Å². The molecule has 9 heteroatoms. The molecule has 4 aromatic rings. The Morgan fingerprint density at radius 3 is 2.21 bits per heavy atom. The predicted octanol–water partition coefficient (Wildman–Crippen LogP) is 4.65. The number of rotatable bonds is 10. The maximum absolute atomic E-state index is 14.1. The molecule has 0 aromatic heterocycles. The number of fused-ring (bicyclic) bond motifs is 1. The van der Waals surface area contributed by atoms with Crippen molar-refractivity contribution >= 4 is 49.9 Å². The fourth-order valence-electron chi connectivity index (χ4n) is 4.57. The smallest absolute Gasteiger partial charge is 0.244 e. The quantitative estimate of drug-likeness (QED) is 0.304. The SMILES string of the molecule is CNC(=O)C(Cc1ccccc1)N(Cc1cccc(Cl)c1)C(=O)CN(c1cccc2ccccc12)S(C)(=O)=O. The first-order valence-electron chi connectivity index (χ1n) is 12.4. The molecule has 0 heterocycles. The van der Waals surface area contributed by atoms with E-state index < -0.39 is 28.5 Å². The predicted molar refractivity (Wildman–Crippen MR) is 156 cm³/mol. The third kappa shape index (κ3) is 6.96. The molecule has 4 aromatic carbocycles. The lowest BCUT2D eigenvalue weighted by Gasteiger charge is -2.33. The number of halogens is 1. The van der Waals surface area contributed by atoms with Crippen LogP contribution in [0.25, 0.3) is 10.8 Å². The fraction of sp³-hybridized carbons (Fsp3) is 0.200. The molecule has 0 spiro atoms. The van der Waals surface area contributed by atoms with E-state index in [2.05, 4.69) is 5.32 Å². The first kappa shape index (κ1) is 28.1. The Morgan fingerprint density at radius 2 is 1.51 bits per heavy atom. The molecule has 202 valence electrons. The second kappa shape index (κ2) is 12.3. The molecular formula is C30H30ClN3O4S. The molecule has 4 rings (SSSR count). The Hall–Kier alpha value is -3.88. The van der Waals surface area contributed by atoms with Crippen LogP contribution in [0.4, 0.5) is 5.69 Å². The molecule has 0 radical (unpaired) electrons. The minimum absolute atomic E-state index is 0.0669. The Balaban J connectivity index is 1.77. The largest absolute Gasteiger partial charge is 0.357 e. The molecule has 0 aliphatic heterocycles. The summed E-state index contributed by atoms with van der Waals surface area (Å²) >= 11 is 6.22. The maximum Gasteiger partial charge on any atom is 0.244 e. The van der Waals surface area contributed by atoms with Crippen molar-refractivity contribution in [1.82, 2.24) is 10.2 Å². The average Bonchev–Trinajstić information content (AvgIpc) is 2.93. The number of benzene rings is 4. The van der Waals surface area contributed by atoms with E-state index in [1.807, 2.05) is 66.7 Å². The summed E-state index contributed by atoms with van der Waals surface area (Å²) in [7, 11) is -2.35. The zero-order valence-corrected chi connectivity index (χ0v) is 23.3. The molecule has 0 bridgehead atoms. The van der Waals surface area contributed by atoms with Gasteiger partial charge in [-0.3, -0.25) is 13.9 Å². The number of amides is 2. The second-order valence-corrected chi connectivity index (χ2v) is 11.6. The van der Waals surface area contributed by atoms with Gasteiger partial charge in [0.2, 0.25) is 21.8 Å². The fourth-order valence-corrected chi connectivity index (χ4v) is 5.65. The lowest BCUT2D eigenvalue weighted by Crippen LogP contribution is -2.52. The topological polar surface area (TPSA) is 86.8 Å². The zero-order chi connectivity index (χ0) is 28.0. The number of hydrogen-bond acceptors (Lipinski definition) is 4. The highest BCUT2D eigenvalue weighted by Crippen LogP contribution is 2.29. The van der Waals surface area contributed by atoms with Gasteiger partial charge in [-0.25, -0.2) is 8.42 Å². The standard InChI is InChI=1S/C30H30ClN3O4S/c1-32-30(36)28(19-22-10-4-3-5-11-22)33(20-23-12-8-15-25(31)18-23)29(35)21-34(39(2,37)38)27-17-9-14-24-13-6-7-16-26(24)27/h3-18,28H,19-21H2,1-2H3,(H,32,36). The van der Waals surface area contributed by atoms with Crippen LogP contribution in [0.15, 0.2) is 97.1 Å². The Labute approximate surface area is 234 Å². The van der Waals surface area contributed by atoms with E-state index >= 15 is 0 Å². The van der Waals surface area contributed by atoms with E-state index in [0.717, 1.165) is 21.5 Å². The summed E-state index contributed by atoms with van der Waals surface area (Å²) in [6, 6.07) is 28.2. The number of hydrogen-bond donors (Lipinski definition) is 1. The second-order valence-electron chi connectivity index (χ2n) is 9.24. The zero-order valence-electron chi connectivity index (χ0n) is 21.7. The van der Waals surface area contributed by atoms with E-state index in [1.54, 1.807) is 30.3 Å². The number of nitrogens with one attached hydrogen (secondary N) is 1. The van der Waals surface area contributed by atoms with Gasteiger partial charge in [0.05, 0.1) is 11.9 Å². The minimum atomic E-state index is -3.86. The Bertz CT molecular complexity index is 1570. The van der Waals surface area contributed by atoms with Crippen LogP contribution in [0.3, 0.4) is 0 Å². The van der Waals surface area contributed by atoms with Crippen LogP contribution in [0.5, 0.6) is 0 Å². The van der Waals surface area contributed by atoms with Gasteiger partial charge in [0.15, 0.2) is 0 Å². The van der Waals surface area contributed by atoms with Crippen molar-refractivity contribution in [2.24, 2.45) is 0 Å². The summed E-state index contributed by atoms with van der Waals surface area (Å²) in [5.41, 5.74) is 1.98. The molecule has 0 saturated carbocycles. The van der Waals surface area contributed by atoms with E-state index in [4.69, 9.17) is 11.6 Å². The van der Waals surface area contributed by atoms with E-state index in [1.165, 1.54) is 11.9 Å². The van der Waals surface area contributed by atoms with Gasteiger partial charge in [0, 0.05) is 30.4 Å². The summed E-state index contributed by atoms with van der Waals surface area (Å²) in [5, 5.41) is 4.71. The van der Waals surface area contributed by atoms with Crippen molar-refractivity contribution < 1.29 is 18.0 Å². The van der Waals surface area contributed by atoms with Gasteiger partial charge in [-0.2, -0.15) is 0 Å². The minimum Gasteiger partial charge on any atom is -0.357 e. The number of sulfonamides is 1. The highest BCUT2D eigenvalue weighted by Gasteiger charge is 2.33. The molecular weight excluding hydrogens is 534 g/mol. The van der Waals surface area contributed by atoms with Crippen LogP contribution in [-0.4, -0.2) is 51.0 Å². The number of nitrogens with zero attached hydrogens (tertiary/aromatic N) is 2. The summed E-state index contributed by atoms with van der Waals surface area (Å²) in [5.74, 6) is -0.872. The molecule has 1 atom stereocenters. The van der Waals surface area contributed by atoms with Crippen LogP contribution in [-0.2, 0) is 32.6 Å². The van der Waals surface area contributed by atoms with E-state index in [-0.39, 0.29) is 18.9 Å². The van der Waals surface area contributed by atoms with Gasteiger partial charge >= 0.3 is 0 Å². The molecule has 0 saturated heterocycles. The van der Waals surface area contributed by atoms with Gasteiger partial charge in [0.1, 0.15) is 12.6 Å². The third-order valence-corrected chi connectivity index (χ3v) is 7.84. The molecule has 0 fully saturated rings. The summed E-state index contributed by atoms with van der Waals surface area (Å²) < 4.78 is 27.2. The number of likely N-dealkylation sites (N-methyl/N-ethyl adjacent to an activating group) is 1. The van der Waals surface area contributed by atoms with E-state index in [0.29, 0.717) is 21.7 Å². The molecule has 1 unspecified atom stereocenters. The number of anilines is 1. The van der Waals surface area contributed by atoms with Crippen molar-refractivity contribution in [3.8, 4) is 0 Å².